The molecule has 3 rings (SSSR count). The van der Waals surface area contributed by atoms with Crippen molar-refractivity contribution >= 4 is 10.0 Å². The van der Waals surface area contributed by atoms with Gasteiger partial charge in [-0.1, -0.05) is 18.2 Å². The van der Waals surface area contributed by atoms with E-state index in [1.165, 1.54) is 6.07 Å². The van der Waals surface area contributed by atoms with Gasteiger partial charge in [-0.2, -0.15) is 0 Å². The minimum absolute atomic E-state index is 0.00293. The molecule has 0 aromatic heterocycles. The summed E-state index contributed by atoms with van der Waals surface area (Å²) in [4.78, 5) is 0.197. The Hall–Kier alpha value is -2.13. The van der Waals surface area contributed by atoms with E-state index >= 15 is 0 Å². The maximum Gasteiger partial charge on any atom is 0.240 e. The highest BCUT2D eigenvalue weighted by molar-refractivity contribution is 7.89. The van der Waals surface area contributed by atoms with E-state index in [1.807, 2.05) is 19.1 Å². The molecule has 2 aromatic carbocycles. The Morgan fingerprint density at radius 1 is 1.07 bits per heavy atom. The van der Waals surface area contributed by atoms with Crippen molar-refractivity contribution in [2.45, 2.75) is 49.1 Å². The normalized spacial score (nSPS) is 20.6. The number of hydrogen-bond acceptors (Lipinski definition) is 6. The van der Waals surface area contributed by atoms with Crippen LogP contribution in [-0.2, 0) is 10.0 Å². The molecule has 1 fully saturated rings. The number of hydrogen-bond donors (Lipinski definition) is 5. The molecule has 1 unspecified atom stereocenters. The molecule has 3 atom stereocenters. The van der Waals surface area contributed by atoms with Crippen LogP contribution in [0.4, 0.5) is 0 Å². The Balaban J connectivity index is 1.59. The van der Waals surface area contributed by atoms with Crippen molar-refractivity contribution in [2.75, 3.05) is 13.2 Å². The lowest BCUT2D eigenvalue weighted by Crippen LogP contribution is -2.29. The molecule has 0 aliphatic heterocycles. The highest BCUT2D eigenvalue weighted by atomic mass is 32.2. The summed E-state index contributed by atoms with van der Waals surface area (Å²) in [6.07, 6.45) is 2.97. The topological polar surface area (TPSA) is 119 Å². The molecule has 1 saturated carbocycles. The van der Waals surface area contributed by atoms with Crippen molar-refractivity contribution in [3.63, 3.8) is 0 Å². The first-order valence-corrected chi connectivity index (χ1v) is 11.3. The van der Waals surface area contributed by atoms with Crippen LogP contribution in [0.5, 0.6) is 11.5 Å². The van der Waals surface area contributed by atoms with Crippen LogP contribution < -0.4 is 10.0 Å². The number of nitrogens with one attached hydrogen (secondary N) is 2. The first kappa shape index (κ1) is 21.6. The van der Waals surface area contributed by atoms with Gasteiger partial charge in [0.05, 0.1) is 11.5 Å². The summed E-state index contributed by atoms with van der Waals surface area (Å²) >= 11 is 0. The Morgan fingerprint density at radius 2 is 1.79 bits per heavy atom. The number of phenols is 2. The summed E-state index contributed by atoms with van der Waals surface area (Å²) in [5.74, 6) is 0.109. The predicted octanol–water partition coefficient (Wildman–Crippen LogP) is 2.36. The van der Waals surface area contributed by atoms with Crippen LogP contribution in [0.2, 0.25) is 0 Å². The highest BCUT2D eigenvalue weighted by Crippen LogP contribution is 2.36. The zero-order valence-corrected chi connectivity index (χ0v) is 17.2. The minimum atomic E-state index is -3.59. The Bertz CT molecular complexity index is 931. The first-order chi connectivity index (χ1) is 13.8. The molecule has 0 amide bonds. The zero-order valence-electron chi connectivity index (χ0n) is 16.4. The van der Waals surface area contributed by atoms with E-state index < -0.39 is 10.0 Å². The molecule has 8 heteroatoms. The van der Waals surface area contributed by atoms with Crippen molar-refractivity contribution in [3.05, 3.63) is 53.6 Å². The standard InChI is InChI=1S/C21H28N2O5S/c1-14(16-5-9-20(25)21(26)13-16)23-18-6-2-17(12-18)15-3-7-19(8-4-15)29(27,28)22-10-11-24/h3-5,7-9,13-14,17-18,22-26H,2,6,10-12H2,1H3/t14-,17+,18?/m1/s1. The average Bonchev–Trinajstić information content (AvgIpc) is 3.17. The fraction of sp³-hybridized carbons (Fsp3) is 0.429. The molecule has 2 aromatic rings. The smallest absolute Gasteiger partial charge is 0.240 e. The van der Waals surface area contributed by atoms with Crippen LogP contribution in [-0.4, -0.2) is 42.9 Å². The summed E-state index contributed by atoms with van der Waals surface area (Å²) in [6.45, 7) is 1.78. The van der Waals surface area contributed by atoms with Crippen LogP contribution in [0.15, 0.2) is 47.4 Å². The number of benzene rings is 2. The number of aromatic hydroxyl groups is 2. The average molecular weight is 421 g/mol. The third-order valence-corrected chi connectivity index (χ3v) is 6.96. The van der Waals surface area contributed by atoms with Crippen LogP contribution in [0.1, 0.15) is 49.3 Å². The van der Waals surface area contributed by atoms with E-state index in [4.69, 9.17) is 5.11 Å². The van der Waals surface area contributed by atoms with Gasteiger partial charge in [-0.25, -0.2) is 13.1 Å². The van der Waals surface area contributed by atoms with Crippen molar-refractivity contribution in [2.24, 2.45) is 0 Å². The molecule has 29 heavy (non-hydrogen) atoms. The number of aliphatic hydroxyl groups is 1. The van der Waals surface area contributed by atoms with Gasteiger partial charge in [-0.3, -0.25) is 0 Å². The van der Waals surface area contributed by atoms with Gasteiger partial charge < -0.3 is 20.6 Å². The Labute approximate surface area is 171 Å². The maximum atomic E-state index is 12.1. The van der Waals surface area contributed by atoms with Gasteiger partial charge in [-0.15, -0.1) is 0 Å². The van der Waals surface area contributed by atoms with Gasteiger partial charge in [0.2, 0.25) is 10.0 Å². The second-order valence-corrected chi connectivity index (χ2v) is 9.30. The fourth-order valence-corrected chi connectivity index (χ4v) is 4.90. The SMILES string of the molecule is C[C@@H](NC1CC[C@H](c2ccc(S(=O)(=O)NCCO)cc2)C1)c1ccc(O)c(O)c1. The van der Waals surface area contributed by atoms with Crippen molar-refractivity contribution < 1.29 is 23.7 Å². The molecule has 1 aliphatic carbocycles. The van der Waals surface area contributed by atoms with Crippen molar-refractivity contribution in [1.82, 2.24) is 10.0 Å². The number of aliphatic hydroxyl groups excluding tert-OH is 1. The van der Waals surface area contributed by atoms with E-state index in [2.05, 4.69) is 10.0 Å². The van der Waals surface area contributed by atoms with Gasteiger partial charge >= 0.3 is 0 Å². The summed E-state index contributed by atoms with van der Waals surface area (Å²) < 4.78 is 26.6. The molecule has 5 N–H and O–H groups in total. The number of phenolic OH excluding ortho intramolecular Hbond substituents is 2. The van der Waals surface area contributed by atoms with Crippen LogP contribution in [0, 0.1) is 0 Å². The molecule has 1 aliphatic rings. The first-order valence-electron chi connectivity index (χ1n) is 9.78. The summed E-state index contributed by atoms with van der Waals surface area (Å²) in [6, 6.07) is 12.2. The van der Waals surface area contributed by atoms with Gasteiger partial charge in [0.25, 0.3) is 0 Å². The molecular formula is C21H28N2O5S. The lowest BCUT2D eigenvalue weighted by atomic mass is 9.97. The molecule has 7 nitrogen and oxygen atoms in total. The van der Waals surface area contributed by atoms with Crippen LogP contribution >= 0.6 is 0 Å². The quantitative estimate of drug-likeness (QED) is 0.418. The van der Waals surface area contributed by atoms with Crippen LogP contribution in [0.25, 0.3) is 0 Å². The Kier molecular flexibility index (Phi) is 6.79. The van der Waals surface area contributed by atoms with E-state index in [0.29, 0.717) is 12.0 Å². The lowest BCUT2D eigenvalue weighted by molar-refractivity contribution is 0.301. The van der Waals surface area contributed by atoms with E-state index in [9.17, 15) is 18.6 Å². The van der Waals surface area contributed by atoms with Gasteiger partial charge in [-0.05, 0) is 67.5 Å². The number of sulfonamides is 1. The summed E-state index contributed by atoms with van der Waals surface area (Å²) in [7, 11) is -3.59. The molecule has 0 spiro atoms. The maximum absolute atomic E-state index is 12.1. The van der Waals surface area contributed by atoms with Crippen LogP contribution in [0.3, 0.4) is 0 Å². The summed E-state index contributed by atoms with van der Waals surface area (Å²) in [5, 5.41) is 31.5. The van der Waals surface area contributed by atoms with Gasteiger partial charge in [0, 0.05) is 18.6 Å². The predicted molar refractivity (Wildman–Crippen MR) is 110 cm³/mol. The van der Waals surface area contributed by atoms with Gasteiger partial charge in [0.15, 0.2) is 11.5 Å². The van der Waals surface area contributed by atoms with Crippen molar-refractivity contribution in [1.29, 1.82) is 0 Å². The molecule has 0 bridgehead atoms. The summed E-state index contributed by atoms with van der Waals surface area (Å²) in [5.41, 5.74) is 2.03. The lowest BCUT2D eigenvalue weighted by Gasteiger charge is -2.20. The second kappa shape index (κ2) is 9.13. The van der Waals surface area contributed by atoms with Gasteiger partial charge in [0.1, 0.15) is 0 Å². The monoisotopic (exact) mass is 420 g/mol. The third kappa shape index (κ3) is 5.27. The molecule has 0 radical (unpaired) electrons. The zero-order chi connectivity index (χ0) is 21.0. The van der Waals surface area contributed by atoms with E-state index in [1.54, 1.807) is 24.3 Å². The second-order valence-electron chi connectivity index (χ2n) is 7.53. The highest BCUT2D eigenvalue weighted by Gasteiger charge is 2.27. The molecule has 0 saturated heterocycles. The van der Waals surface area contributed by atoms with E-state index in [-0.39, 0.29) is 35.6 Å². The molecule has 158 valence electrons. The number of rotatable bonds is 8. The molecular weight excluding hydrogens is 392 g/mol. The largest absolute Gasteiger partial charge is 0.504 e. The third-order valence-electron chi connectivity index (χ3n) is 5.48. The fourth-order valence-electron chi connectivity index (χ4n) is 3.88. The minimum Gasteiger partial charge on any atom is -0.504 e. The molecule has 0 heterocycles. The van der Waals surface area contributed by atoms with E-state index in [0.717, 1.165) is 30.4 Å². The van der Waals surface area contributed by atoms with Crippen molar-refractivity contribution in [3.8, 4) is 11.5 Å². The Morgan fingerprint density at radius 3 is 2.45 bits per heavy atom.